The van der Waals surface area contributed by atoms with Crippen LogP contribution in [0.25, 0.3) is 0 Å². The van der Waals surface area contributed by atoms with Gasteiger partial charge in [-0.05, 0) is 97.5 Å². The molecule has 0 radical (unpaired) electrons. The Balaban J connectivity index is 1.38. The number of ether oxygens (including phenoxy) is 5. The highest BCUT2D eigenvalue weighted by atomic mass is 19.1. The van der Waals surface area contributed by atoms with Crippen LogP contribution in [0.5, 0.6) is 17.2 Å². The Labute approximate surface area is 390 Å². The van der Waals surface area contributed by atoms with E-state index in [1.54, 1.807) is 47.4 Å². The monoisotopic (exact) mass is 921 g/mol. The average molecular weight is 922 g/mol. The minimum Gasteiger partial charge on any atom is -0.459 e. The number of unbranched alkanes of at least 4 members (excludes halogenated alkanes) is 2. The first-order chi connectivity index (χ1) is 32.7. The molecule has 7 rings (SSSR count). The fourth-order valence-electron chi connectivity index (χ4n) is 9.77. The Kier molecular flexibility index (Phi) is 17.1. The van der Waals surface area contributed by atoms with Crippen LogP contribution < -0.4 is 9.47 Å². The maximum atomic E-state index is 14.8. The van der Waals surface area contributed by atoms with Gasteiger partial charge < -0.3 is 38.7 Å². The fraction of sp³-hybridized carbons (Fsp3) is 0.423. The number of carbonyl (C=O) groups is 1. The molecule has 0 spiro atoms. The fourth-order valence-corrected chi connectivity index (χ4v) is 9.77. The zero-order chi connectivity index (χ0) is 47.2. The molecule has 0 bridgehead atoms. The number of nitro benzene ring substituents is 1. The molecule has 0 aromatic heterocycles. The highest BCUT2D eigenvalue weighted by Crippen LogP contribution is 2.62. The molecule has 15 heteroatoms. The van der Waals surface area contributed by atoms with Gasteiger partial charge in [0.25, 0.3) is 5.69 Å². The Morgan fingerprint density at radius 3 is 2.45 bits per heavy atom. The summed E-state index contributed by atoms with van der Waals surface area (Å²) in [5, 5.41) is 36.3. The second-order valence-corrected chi connectivity index (χ2v) is 17.0. The van der Waals surface area contributed by atoms with Gasteiger partial charge in [0.15, 0.2) is 0 Å². The summed E-state index contributed by atoms with van der Waals surface area (Å²) in [4.78, 5) is 33.5. The van der Waals surface area contributed by atoms with Crippen molar-refractivity contribution < 1.29 is 52.8 Å². The van der Waals surface area contributed by atoms with Crippen molar-refractivity contribution >= 4 is 17.5 Å². The van der Waals surface area contributed by atoms with Crippen LogP contribution in [0.2, 0.25) is 0 Å². The number of fused-ring (bicyclic) bond motifs is 2. The molecule has 1 amide bonds. The quantitative estimate of drug-likeness (QED) is 0.0297. The summed E-state index contributed by atoms with van der Waals surface area (Å²) in [5.41, 5.74) is 3.73. The molecule has 14 nitrogen and oxygen atoms in total. The topological polar surface area (TPSA) is 172 Å². The van der Waals surface area contributed by atoms with E-state index in [0.717, 1.165) is 29.5 Å². The summed E-state index contributed by atoms with van der Waals surface area (Å²) in [6.07, 6.45) is 7.43. The van der Waals surface area contributed by atoms with E-state index in [4.69, 9.17) is 33.7 Å². The number of aliphatic hydroxyl groups is 2. The number of nitro groups is 1. The van der Waals surface area contributed by atoms with E-state index in [9.17, 15) is 29.5 Å². The molecule has 3 aliphatic rings. The summed E-state index contributed by atoms with van der Waals surface area (Å²) in [6, 6.07) is 26.1. The zero-order valence-electron chi connectivity index (χ0n) is 37.9. The van der Waals surface area contributed by atoms with E-state index in [-0.39, 0.29) is 81.8 Å². The van der Waals surface area contributed by atoms with E-state index in [0.29, 0.717) is 55.1 Å². The number of amides is 1. The van der Waals surface area contributed by atoms with Crippen molar-refractivity contribution in [3.8, 4) is 17.2 Å². The molecular weight excluding hydrogens is 862 g/mol. The molecule has 6 atom stereocenters. The van der Waals surface area contributed by atoms with Crippen molar-refractivity contribution in [3.63, 3.8) is 0 Å². The Morgan fingerprint density at radius 2 is 1.72 bits per heavy atom. The maximum absolute atomic E-state index is 14.8. The van der Waals surface area contributed by atoms with Gasteiger partial charge in [0.1, 0.15) is 42.3 Å². The minimum absolute atomic E-state index is 0.0118. The summed E-state index contributed by atoms with van der Waals surface area (Å²) in [5.74, 6) is -1.93. The lowest BCUT2D eigenvalue weighted by Gasteiger charge is -2.59. The number of rotatable bonds is 24. The predicted molar refractivity (Wildman–Crippen MR) is 249 cm³/mol. The van der Waals surface area contributed by atoms with Gasteiger partial charge in [0.05, 0.1) is 42.4 Å². The van der Waals surface area contributed by atoms with Crippen molar-refractivity contribution in [2.24, 2.45) is 22.9 Å². The molecule has 1 saturated carbocycles. The van der Waals surface area contributed by atoms with Gasteiger partial charge in [-0.3, -0.25) is 15.0 Å². The molecular formula is C52H60FN3O11. The number of aliphatic hydroxyl groups excluding tert-OH is 2. The lowest BCUT2D eigenvalue weighted by Crippen LogP contribution is -2.70. The molecule has 356 valence electrons. The molecule has 2 N–H and O–H groups in total. The van der Waals surface area contributed by atoms with Crippen LogP contribution in [0.1, 0.15) is 74.5 Å². The molecule has 4 aromatic carbocycles. The van der Waals surface area contributed by atoms with Crippen LogP contribution in [0.4, 0.5) is 14.9 Å². The zero-order valence-corrected chi connectivity index (χ0v) is 37.9. The third-order valence-electron chi connectivity index (χ3n) is 12.7. The SMILES string of the molecule is C=CCOC12Oc3ccc(Oc4cccc([N+](=O)[O-])c4)cc3C3C(CCCCO)C(CCCCO)C=C(C(=NOCC)CC1N(Cc1ccc(F)cc1)C(=O)OCCOCc1ccccc1)C32. The van der Waals surface area contributed by atoms with Crippen molar-refractivity contribution in [2.45, 2.75) is 82.8 Å². The third-order valence-corrected chi connectivity index (χ3v) is 12.7. The number of hydrogen-bond acceptors (Lipinski definition) is 12. The molecule has 1 heterocycles. The van der Waals surface area contributed by atoms with Crippen LogP contribution in [-0.2, 0) is 32.2 Å². The van der Waals surface area contributed by atoms with Crippen LogP contribution in [0, 0.1) is 33.7 Å². The Hall–Kier alpha value is -6.13. The largest absolute Gasteiger partial charge is 0.459 e. The van der Waals surface area contributed by atoms with Crippen LogP contribution in [0.15, 0.2) is 127 Å². The summed E-state index contributed by atoms with van der Waals surface area (Å²) in [6.45, 7) is 6.62. The first-order valence-electron chi connectivity index (χ1n) is 23.1. The second kappa shape index (κ2) is 23.5. The lowest BCUT2D eigenvalue weighted by atomic mass is 9.55. The second-order valence-electron chi connectivity index (χ2n) is 17.0. The first-order valence-corrected chi connectivity index (χ1v) is 23.1. The number of non-ortho nitro benzene ring substituents is 1. The Morgan fingerprint density at radius 1 is 0.955 bits per heavy atom. The molecule has 1 fully saturated rings. The summed E-state index contributed by atoms with van der Waals surface area (Å²) in [7, 11) is 0. The maximum Gasteiger partial charge on any atom is 0.410 e. The Bertz CT molecular complexity index is 2340. The van der Waals surface area contributed by atoms with Crippen LogP contribution in [-0.4, -0.2) is 83.3 Å². The standard InChI is InChI=1S/C52H60FN3O11/c1-3-27-64-52-48(55(34-36-19-21-39(53)22-20-36)51(59)63-29-28-62-35-37-13-6-5-7-14-37)33-46(54-65-4-2)44-30-38(15-8-10-25-57)43(18-9-11-26-58)49(50(44)52)45-32-42(23-24-47(45)67-52)66-41-17-12-16-40(31-41)56(60)61/h3,5-7,12-14,16-17,19-24,30-32,38,43,48-50,57-58H,1,4,8-11,15,18,25-29,33-35H2,2H3. The number of hydrogen-bond donors (Lipinski definition) is 2. The number of halogens is 1. The van der Waals surface area contributed by atoms with Crippen LogP contribution in [0.3, 0.4) is 0 Å². The third kappa shape index (κ3) is 11.7. The number of carbonyl (C=O) groups excluding carboxylic acids is 1. The van der Waals surface area contributed by atoms with Gasteiger partial charge in [0.2, 0.25) is 5.79 Å². The van der Waals surface area contributed by atoms with Gasteiger partial charge in [-0.1, -0.05) is 78.7 Å². The van der Waals surface area contributed by atoms with E-state index in [1.807, 2.05) is 43.3 Å². The number of allylic oxidation sites excluding steroid dienone is 1. The van der Waals surface area contributed by atoms with Gasteiger partial charge in [-0.15, -0.1) is 6.58 Å². The first kappa shape index (κ1) is 48.8. The number of oxime groups is 1. The van der Waals surface area contributed by atoms with E-state index in [1.165, 1.54) is 24.3 Å². The smallest absolute Gasteiger partial charge is 0.410 e. The van der Waals surface area contributed by atoms with E-state index >= 15 is 0 Å². The van der Waals surface area contributed by atoms with Crippen molar-refractivity contribution in [1.82, 2.24) is 4.90 Å². The lowest BCUT2D eigenvalue weighted by molar-refractivity contribution is -0.384. The van der Waals surface area contributed by atoms with Gasteiger partial charge >= 0.3 is 6.09 Å². The molecule has 0 saturated heterocycles. The normalized spacial score (nSPS) is 22.1. The molecule has 1 aliphatic heterocycles. The highest BCUT2D eigenvalue weighted by Gasteiger charge is 2.65. The molecule has 4 aromatic rings. The van der Waals surface area contributed by atoms with Crippen molar-refractivity contribution in [2.75, 3.05) is 39.6 Å². The summed E-state index contributed by atoms with van der Waals surface area (Å²) < 4.78 is 47.0. The predicted octanol–water partition coefficient (Wildman–Crippen LogP) is 10.0. The molecule has 6 unspecified atom stereocenters. The van der Waals surface area contributed by atoms with Gasteiger partial charge in [-0.25, -0.2) is 9.18 Å². The number of benzene rings is 4. The molecule has 67 heavy (non-hydrogen) atoms. The summed E-state index contributed by atoms with van der Waals surface area (Å²) >= 11 is 0. The van der Waals surface area contributed by atoms with E-state index < -0.39 is 34.6 Å². The highest BCUT2D eigenvalue weighted by molar-refractivity contribution is 6.03. The van der Waals surface area contributed by atoms with Crippen molar-refractivity contribution in [3.05, 3.63) is 154 Å². The average Bonchev–Trinajstić information content (AvgIpc) is 3.34. The van der Waals surface area contributed by atoms with Crippen LogP contribution >= 0.6 is 0 Å². The van der Waals surface area contributed by atoms with Gasteiger partial charge in [0, 0.05) is 43.7 Å². The number of nitrogens with zero attached hydrogens (tertiary/aromatic N) is 3. The van der Waals surface area contributed by atoms with Crippen molar-refractivity contribution in [1.29, 1.82) is 0 Å². The van der Waals surface area contributed by atoms with Gasteiger partial charge in [-0.2, -0.15) is 0 Å². The molecule has 2 aliphatic carbocycles. The minimum atomic E-state index is -1.60. The van der Waals surface area contributed by atoms with E-state index in [2.05, 4.69) is 12.7 Å².